The summed E-state index contributed by atoms with van der Waals surface area (Å²) in [5, 5.41) is 29.0. The molecule has 0 bridgehead atoms. The van der Waals surface area contributed by atoms with Gasteiger partial charge in [-0.2, -0.15) is 0 Å². The summed E-state index contributed by atoms with van der Waals surface area (Å²) in [6, 6.07) is 0. The smallest absolute Gasteiger partial charge is 0.338 e. The van der Waals surface area contributed by atoms with Crippen LogP contribution in [0, 0.1) is 11.8 Å². The fourth-order valence-corrected chi connectivity index (χ4v) is 4.04. The van der Waals surface area contributed by atoms with Gasteiger partial charge in [-0.1, -0.05) is 75.5 Å². The van der Waals surface area contributed by atoms with Crippen LogP contribution < -0.4 is 0 Å². The zero-order chi connectivity index (χ0) is 28.5. The monoisotopic (exact) mass is 532 g/mol. The Bertz CT molecular complexity index is 850. The first kappa shape index (κ1) is 33.5. The Morgan fingerprint density at radius 2 is 1.87 bits per heavy atom. The van der Waals surface area contributed by atoms with E-state index in [0.717, 1.165) is 6.42 Å². The van der Waals surface area contributed by atoms with Gasteiger partial charge in [-0.15, -0.1) is 0 Å². The van der Waals surface area contributed by atoms with E-state index >= 15 is 0 Å². The Balaban J connectivity index is 2.78. The molecule has 0 aromatic heterocycles. The lowest BCUT2D eigenvalue weighted by Gasteiger charge is -2.25. The van der Waals surface area contributed by atoms with Gasteiger partial charge in [0.05, 0.1) is 23.9 Å². The molecule has 0 aromatic rings. The van der Waals surface area contributed by atoms with Crippen molar-refractivity contribution in [2.75, 3.05) is 0 Å². The average molecular weight is 533 g/mol. The molecule has 1 aliphatic rings. The lowest BCUT2D eigenvalue weighted by Crippen LogP contribution is -2.27. The minimum absolute atomic E-state index is 0.0887. The van der Waals surface area contributed by atoms with Crippen LogP contribution in [0.5, 0.6) is 0 Å². The topological polar surface area (TPSA) is 113 Å². The second-order valence-corrected chi connectivity index (χ2v) is 10.4. The van der Waals surface area contributed by atoms with Crippen molar-refractivity contribution >= 4 is 11.9 Å². The number of cyclic esters (lactones) is 1. The Kier molecular flexibility index (Phi) is 16.5. The minimum Gasteiger partial charge on any atom is -0.462 e. The fourth-order valence-electron chi connectivity index (χ4n) is 4.04. The standard InChI is InChI=1S/C31H48O7/c1-6-14-25(16-9-7-8-10-17-26(33)27(34)21-24(5)32)31(36)38-29-19-13-20-30(35)37-28(22(2)3)18-12-11-15-23(29)4/h6-8,10-12,14,16-17,22-24,26-29,32-34H,9,13,15,18-21H2,1-5H3/b8-7+,12-11+,14-6-,17-10+,25-16+. The zero-order valence-electron chi connectivity index (χ0n) is 23.7. The number of allylic oxidation sites excluding steroid dienone is 6. The Morgan fingerprint density at radius 1 is 1.16 bits per heavy atom. The Hall–Kier alpha value is -2.48. The maximum absolute atomic E-state index is 13.0. The second-order valence-electron chi connectivity index (χ2n) is 10.4. The van der Waals surface area contributed by atoms with Crippen molar-refractivity contribution in [2.45, 2.75) is 110 Å². The van der Waals surface area contributed by atoms with Crippen LogP contribution in [0.3, 0.4) is 0 Å². The number of aliphatic hydroxyl groups is 3. The zero-order valence-corrected chi connectivity index (χ0v) is 23.7. The number of aliphatic hydroxyl groups excluding tert-OH is 3. The number of esters is 2. The van der Waals surface area contributed by atoms with Crippen LogP contribution in [-0.2, 0) is 19.1 Å². The number of rotatable bonds is 11. The molecule has 6 unspecified atom stereocenters. The van der Waals surface area contributed by atoms with Gasteiger partial charge in [-0.25, -0.2) is 4.79 Å². The highest BCUT2D eigenvalue weighted by Gasteiger charge is 2.24. The lowest BCUT2D eigenvalue weighted by atomic mass is 9.94. The van der Waals surface area contributed by atoms with Crippen molar-refractivity contribution in [2.24, 2.45) is 11.8 Å². The van der Waals surface area contributed by atoms with E-state index in [1.807, 2.05) is 19.1 Å². The van der Waals surface area contributed by atoms with Crippen molar-refractivity contribution in [3.8, 4) is 0 Å². The first-order valence-corrected chi connectivity index (χ1v) is 13.8. The molecule has 214 valence electrons. The predicted molar refractivity (Wildman–Crippen MR) is 150 cm³/mol. The molecular weight excluding hydrogens is 484 g/mol. The Labute approximate surface area is 228 Å². The van der Waals surface area contributed by atoms with Crippen molar-refractivity contribution in [1.29, 1.82) is 0 Å². The van der Waals surface area contributed by atoms with E-state index in [9.17, 15) is 24.9 Å². The SMILES string of the molecule is C/C=C\C(=C/C/C=C/C=C/C(O)C(O)CC(C)O)C(=O)OC1CCCC(=O)OC(C(C)C)C/C=C/CC1C. The van der Waals surface area contributed by atoms with Crippen molar-refractivity contribution in [3.63, 3.8) is 0 Å². The van der Waals surface area contributed by atoms with E-state index in [1.165, 1.54) is 6.08 Å². The predicted octanol–water partition coefficient (Wildman–Crippen LogP) is 5.12. The van der Waals surface area contributed by atoms with Gasteiger partial charge in [0, 0.05) is 19.3 Å². The Morgan fingerprint density at radius 3 is 2.53 bits per heavy atom. The largest absolute Gasteiger partial charge is 0.462 e. The maximum atomic E-state index is 13.0. The minimum atomic E-state index is -1.07. The molecular formula is C31H48O7. The molecule has 7 heteroatoms. The number of carbonyl (C=O) groups is 2. The van der Waals surface area contributed by atoms with Crippen LogP contribution in [0.4, 0.5) is 0 Å². The van der Waals surface area contributed by atoms with Crippen molar-refractivity contribution < 1.29 is 34.4 Å². The summed E-state index contributed by atoms with van der Waals surface area (Å²) in [5.74, 6) is -0.258. The molecule has 7 nitrogen and oxygen atoms in total. The van der Waals surface area contributed by atoms with E-state index in [1.54, 1.807) is 37.3 Å². The highest BCUT2D eigenvalue weighted by Crippen LogP contribution is 2.23. The molecule has 6 atom stereocenters. The van der Waals surface area contributed by atoms with E-state index in [4.69, 9.17) is 9.47 Å². The molecule has 38 heavy (non-hydrogen) atoms. The molecule has 0 aromatic carbocycles. The van der Waals surface area contributed by atoms with Gasteiger partial charge in [-0.3, -0.25) is 4.79 Å². The van der Waals surface area contributed by atoms with Gasteiger partial charge in [0.2, 0.25) is 0 Å². The number of carbonyl (C=O) groups excluding carboxylic acids is 2. The summed E-state index contributed by atoms with van der Waals surface area (Å²) >= 11 is 0. The van der Waals surface area contributed by atoms with Gasteiger partial charge >= 0.3 is 11.9 Å². The van der Waals surface area contributed by atoms with Crippen molar-refractivity contribution in [3.05, 3.63) is 60.3 Å². The van der Waals surface area contributed by atoms with E-state index in [2.05, 4.69) is 26.8 Å². The highest BCUT2D eigenvalue weighted by atomic mass is 16.5. The van der Waals surface area contributed by atoms with Crippen LogP contribution in [0.25, 0.3) is 0 Å². The third kappa shape index (κ3) is 13.9. The maximum Gasteiger partial charge on any atom is 0.338 e. The number of ether oxygens (including phenoxy) is 2. The summed E-state index contributed by atoms with van der Waals surface area (Å²) in [7, 11) is 0. The van der Waals surface area contributed by atoms with Gasteiger partial charge in [0.25, 0.3) is 0 Å². The lowest BCUT2D eigenvalue weighted by molar-refractivity contribution is -0.151. The van der Waals surface area contributed by atoms with E-state index < -0.39 is 24.3 Å². The summed E-state index contributed by atoms with van der Waals surface area (Å²) in [6.45, 7) is 9.55. The molecule has 0 saturated heterocycles. The molecule has 0 spiro atoms. The molecule has 1 aliphatic heterocycles. The van der Waals surface area contributed by atoms with Gasteiger partial charge in [-0.05, 0) is 51.4 Å². The third-order valence-corrected chi connectivity index (χ3v) is 6.42. The van der Waals surface area contributed by atoms with Gasteiger partial charge in [0.1, 0.15) is 12.2 Å². The first-order chi connectivity index (χ1) is 18.0. The van der Waals surface area contributed by atoms with Crippen LogP contribution >= 0.6 is 0 Å². The quantitative estimate of drug-likeness (QED) is 0.146. The molecule has 3 N–H and O–H groups in total. The number of hydrogen-bond acceptors (Lipinski definition) is 7. The van der Waals surface area contributed by atoms with Crippen LogP contribution in [0.1, 0.15) is 79.6 Å². The average Bonchev–Trinajstić information content (AvgIpc) is 2.84. The normalized spacial score (nSPS) is 25.7. The molecule has 0 amide bonds. The third-order valence-electron chi connectivity index (χ3n) is 6.42. The molecule has 0 aliphatic carbocycles. The first-order valence-electron chi connectivity index (χ1n) is 13.8. The van der Waals surface area contributed by atoms with Crippen LogP contribution in [0.2, 0.25) is 0 Å². The second kappa shape index (κ2) is 18.7. The summed E-state index contributed by atoms with van der Waals surface area (Å²) in [4.78, 5) is 25.3. The van der Waals surface area contributed by atoms with Gasteiger partial charge < -0.3 is 24.8 Å². The van der Waals surface area contributed by atoms with Crippen molar-refractivity contribution in [1.82, 2.24) is 0 Å². The summed E-state index contributed by atoms with van der Waals surface area (Å²) < 4.78 is 11.6. The highest BCUT2D eigenvalue weighted by molar-refractivity contribution is 5.91. The van der Waals surface area contributed by atoms with E-state index in [0.29, 0.717) is 37.7 Å². The molecule has 1 heterocycles. The molecule has 0 saturated carbocycles. The van der Waals surface area contributed by atoms with E-state index in [-0.39, 0.29) is 36.4 Å². The molecule has 0 fully saturated rings. The molecule has 0 radical (unpaired) electrons. The van der Waals surface area contributed by atoms with Gasteiger partial charge in [0.15, 0.2) is 0 Å². The summed E-state index contributed by atoms with van der Waals surface area (Å²) in [6.07, 6.45) is 16.2. The molecule has 1 rings (SSSR count). The number of hydrogen-bond donors (Lipinski definition) is 3. The summed E-state index contributed by atoms with van der Waals surface area (Å²) in [5.41, 5.74) is 0.446. The fraction of sp³-hybridized carbons (Fsp3) is 0.613. The van der Waals surface area contributed by atoms with Crippen LogP contribution in [-0.4, -0.2) is 57.8 Å². The van der Waals surface area contributed by atoms with Crippen LogP contribution in [0.15, 0.2) is 60.3 Å².